The fourth-order valence-electron chi connectivity index (χ4n) is 5.16. The highest BCUT2D eigenvalue weighted by Gasteiger charge is 2.34. The van der Waals surface area contributed by atoms with Gasteiger partial charge in [-0.1, -0.05) is 55.1 Å². The number of aromatic nitrogens is 3. The van der Waals surface area contributed by atoms with Gasteiger partial charge in [-0.25, -0.2) is 19.9 Å². The topological polar surface area (TPSA) is 97.1 Å². The summed E-state index contributed by atoms with van der Waals surface area (Å²) in [6.45, 7) is 3.97. The van der Waals surface area contributed by atoms with Crippen molar-refractivity contribution in [2.24, 2.45) is 4.99 Å². The van der Waals surface area contributed by atoms with E-state index in [-0.39, 0.29) is 11.7 Å². The van der Waals surface area contributed by atoms with E-state index in [1.54, 1.807) is 6.92 Å². The number of rotatable bonds is 7. The summed E-state index contributed by atoms with van der Waals surface area (Å²) in [4.78, 5) is 31.2. The SMILES string of the molecule is CC1C=C2CS/C(=N\C(=O)NOC(C)c3ccc(-c4ncn(-c5ccc(OC(F)(F)F)cc5)n4)cc3)N2c2cc(N(C)C)ccc21. The molecule has 0 bridgehead atoms. The summed E-state index contributed by atoms with van der Waals surface area (Å²) >= 11 is 1.51. The molecule has 6 rings (SSSR count). The van der Waals surface area contributed by atoms with Crippen molar-refractivity contribution in [1.82, 2.24) is 20.2 Å². The number of hydrogen-bond acceptors (Lipinski definition) is 7. The molecule has 2 atom stereocenters. The highest BCUT2D eigenvalue weighted by molar-refractivity contribution is 8.14. The Hall–Kier alpha value is -4.82. The average Bonchev–Trinajstić information content (AvgIpc) is 3.67. The molecule has 238 valence electrons. The molecule has 4 aromatic rings. The number of carbonyl (C=O) groups excluding carboxylic acids is 1. The standard InChI is InChI=1S/C32H30F3N7O3S/c1-19-15-25-17-46-31(42(25)28-16-24(40(3)4)11-14-27(19)28)37-30(43)39-45-20(2)21-5-7-22(8-6-21)29-36-18-41(38-29)23-9-12-26(13-10-23)44-32(33,34)35/h5-16,18-20H,17H2,1-4H3,(H,39,43)/b37-31-. The van der Waals surface area contributed by atoms with Gasteiger partial charge in [0.25, 0.3) is 0 Å². The van der Waals surface area contributed by atoms with Crippen LogP contribution in [0.2, 0.25) is 0 Å². The molecule has 2 aliphatic heterocycles. The van der Waals surface area contributed by atoms with Crippen LogP contribution in [0.15, 0.2) is 89.8 Å². The third kappa shape index (κ3) is 6.72. The molecule has 3 heterocycles. The van der Waals surface area contributed by atoms with E-state index in [0.29, 0.717) is 16.7 Å². The van der Waals surface area contributed by atoms with Gasteiger partial charge in [-0.05, 0) is 54.4 Å². The number of amides is 2. The number of fused-ring (bicyclic) bond motifs is 3. The molecule has 1 saturated heterocycles. The number of carbonyl (C=O) groups is 1. The van der Waals surface area contributed by atoms with Crippen LogP contribution in [0, 0.1) is 0 Å². The maximum atomic E-state index is 12.8. The van der Waals surface area contributed by atoms with Crippen molar-refractivity contribution in [1.29, 1.82) is 0 Å². The summed E-state index contributed by atoms with van der Waals surface area (Å²) in [7, 11) is 3.99. The maximum Gasteiger partial charge on any atom is 0.573 e. The molecule has 46 heavy (non-hydrogen) atoms. The van der Waals surface area contributed by atoms with Gasteiger partial charge in [-0.3, -0.25) is 9.74 Å². The normalized spacial score (nSPS) is 17.3. The Bertz CT molecular complexity index is 1800. The molecule has 2 amide bonds. The second-order valence-electron chi connectivity index (χ2n) is 10.9. The van der Waals surface area contributed by atoms with Gasteiger partial charge in [0.05, 0.1) is 11.4 Å². The number of hydrogen-bond donors (Lipinski definition) is 1. The number of hydroxylamine groups is 1. The van der Waals surface area contributed by atoms with E-state index in [9.17, 15) is 18.0 Å². The quantitative estimate of drug-likeness (QED) is 0.210. The smallest absolute Gasteiger partial charge is 0.406 e. The summed E-state index contributed by atoms with van der Waals surface area (Å²) in [5.41, 5.74) is 8.86. The van der Waals surface area contributed by atoms with E-state index < -0.39 is 18.5 Å². The van der Waals surface area contributed by atoms with Crippen molar-refractivity contribution in [2.75, 3.05) is 29.6 Å². The van der Waals surface area contributed by atoms with Gasteiger partial charge in [0, 0.05) is 42.7 Å². The van der Waals surface area contributed by atoms with Crippen molar-refractivity contribution in [3.8, 4) is 22.8 Å². The molecule has 0 saturated carbocycles. The molecule has 10 nitrogen and oxygen atoms in total. The minimum Gasteiger partial charge on any atom is -0.406 e. The highest BCUT2D eigenvalue weighted by atomic mass is 32.2. The Kier molecular flexibility index (Phi) is 8.49. The number of aliphatic imine (C=N–C) groups is 1. The van der Waals surface area contributed by atoms with Gasteiger partial charge in [0.2, 0.25) is 0 Å². The number of benzene rings is 3. The van der Waals surface area contributed by atoms with Gasteiger partial charge >= 0.3 is 12.4 Å². The third-order valence-corrected chi connectivity index (χ3v) is 8.49. The van der Waals surface area contributed by atoms with Crippen LogP contribution in [0.1, 0.15) is 37.0 Å². The van der Waals surface area contributed by atoms with Gasteiger partial charge in [-0.2, -0.15) is 4.99 Å². The first-order chi connectivity index (χ1) is 21.9. The van der Waals surface area contributed by atoms with Crippen LogP contribution in [0.5, 0.6) is 5.75 Å². The predicted molar refractivity (Wildman–Crippen MR) is 171 cm³/mol. The van der Waals surface area contributed by atoms with Crippen LogP contribution in [0.4, 0.5) is 29.3 Å². The molecule has 1 N–H and O–H groups in total. The number of alkyl halides is 3. The van der Waals surface area contributed by atoms with E-state index in [4.69, 9.17) is 4.84 Å². The minimum atomic E-state index is -4.76. The first kappa shape index (κ1) is 31.2. The number of ether oxygens (including phenoxy) is 1. The number of anilines is 2. The number of thioether (sulfide) groups is 1. The van der Waals surface area contributed by atoms with Crippen molar-refractivity contribution in [3.05, 3.63) is 96.0 Å². The molecule has 2 unspecified atom stereocenters. The van der Waals surface area contributed by atoms with Gasteiger partial charge in [0.15, 0.2) is 11.0 Å². The Balaban J connectivity index is 1.08. The van der Waals surface area contributed by atoms with Gasteiger partial charge in [0.1, 0.15) is 18.2 Å². The van der Waals surface area contributed by atoms with E-state index in [0.717, 1.165) is 34.0 Å². The van der Waals surface area contributed by atoms with Crippen LogP contribution in [0.25, 0.3) is 17.1 Å². The Morgan fingerprint density at radius 1 is 1.11 bits per heavy atom. The third-order valence-electron chi connectivity index (χ3n) is 7.52. The molecule has 0 radical (unpaired) electrons. The predicted octanol–water partition coefficient (Wildman–Crippen LogP) is 7.21. The Morgan fingerprint density at radius 3 is 2.54 bits per heavy atom. The van der Waals surface area contributed by atoms with Crippen LogP contribution < -0.4 is 20.0 Å². The van der Waals surface area contributed by atoms with E-state index in [2.05, 4.69) is 56.5 Å². The minimum absolute atomic E-state index is 0.260. The summed E-state index contributed by atoms with van der Waals surface area (Å²) in [6.07, 6.45) is -1.56. The van der Waals surface area contributed by atoms with Crippen LogP contribution >= 0.6 is 11.8 Å². The zero-order valence-electron chi connectivity index (χ0n) is 25.3. The summed E-state index contributed by atoms with van der Waals surface area (Å²) in [5.74, 6) is 1.09. The lowest BCUT2D eigenvalue weighted by molar-refractivity contribution is -0.274. The number of halogens is 3. The second kappa shape index (κ2) is 12.5. The largest absolute Gasteiger partial charge is 0.573 e. The summed E-state index contributed by atoms with van der Waals surface area (Å²) in [6, 6.07) is 18.4. The molecule has 2 aliphatic rings. The van der Waals surface area contributed by atoms with E-state index in [1.165, 1.54) is 52.6 Å². The molecule has 0 spiro atoms. The number of allylic oxidation sites excluding steroid dienone is 1. The Labute approximate surface area is 267 Å². The summed E-state index contributed by atoms with van der Waals surface area (Å²) < 4.78 is 42.7. The first-order valence-electron chi connectivity index (χ1n) is 14.3. The average molecular weight is 650 g/mol. The molecule has 14 heteroatoms. The molecular weight excluding hydrogens is 619 g/mol. The van der Waals surface area contributed by atoms with Crippen molar-refractivity contribution < 1.29 is 27.5 Å². The molecular formula is C32H30F3N7O3S. The number of nitrogens with zero attached hydrogens (tertiary/aromatic N) is 6. The fourth-order valence-corrected chi connectivity index (χ4v) is 6.15. The monoisotopic (exact) mass is 649 g/mol. The van der Waals surface area contributed by atoms with Crippen LogP contribution in [0.3, 0.4) is 0 Å². The van der Waals surface area contributed by atoms with Crippen LogP contribution in [-0.4, -0.2) is 52.2 Å². The van der Waals surface area contributed by atoms with Crippen molar-refractivity contribution in [3.63, 3.8) is 0 Å². The second-order valence-corrected chi connectivity index (χ2v) is 11.9. The fraction of sp³-hybridized carbons (Fsp3) is 0.250. The number of urea groups is 1. The molecule has 1 aromatic heterocycles. The number of amidine groups is 1. The zero-order valence-corrected chi connectivity index (χ0v) is 26.1. The molecule has 0 aliphatic carbocycles. The van der Waals surface area contributed by atoms with E-state index >= 15 is 0 Å². The lowest BCUT2D eigenvalue weighted by Crippen LogP contribution is -2.30. The molecule has 3 aromatic carbocycles. The zero-order chi connectivity index (χ0) is 32.6. The lowest BCUT2D eigenvalue weighted by Gasteiger charge is -2.31. The van der Waals surface area contributed by atoms with Crippen molar-refractivity contribution in [2.45, 2.75) is 32.2 Å². The van der Waals surface area contributed by atoms with Crippen molar-refractivity contribution >= 4 is 34.3 Å². The van der Waals surface area contributed by atoms with Gasteiger partial charge in [-0.15, -0.1) is 18.3 Å². The number of nitrogens with one attached hydrogen (secondary N) is 1. The summed E-state index contributed by atoms with van der Waals surface area (Å²) in [5, 5.41) is 5.01. The first-order valence-corrected chi connectivity index (χ1v) is 15.3. The Morgan fingerprint density at radius 2 is 1.85 bits per heavy atom. The highest BCUT2D eigenvalue weighted by Crippen LogP contribution is 2.44. The van der Waals surface area contributed by atoms with Gasteiger partial charge < -0.3 is 9.64 Å². The lowest BCUT2D eigenvalue weighted by atomic mass is 9.93. The maximum absolute atomic E-state index is 12.8. The van der Waals surface area contributed by atoms with E-state index in [1.807, 2.05) is 48.2 Å². The van der Waals surface area contributed by atoms with Crippen LogP contribution in [-0.2, 0) is 4.84 Å². The molecule has 1 fully saturated rings.